The molecule has 188 valence electrons. The van der Waals surface area contributed by atoms with Gasteiger partial charge in [-0.15, -0.1) is 0 Å². The molecule has 0 amide bonds. The quantitative estimate of drug-likeness (QED) is 0.181. The molecule has 7 atom stereocenters. The van der Waals surface area contributed by atoms with Crippen LogP contribution in [0.2, 0.25) is 0 Å². The fourth-order valence-corrected chi connectivity index (χ4v) is 7.60. The van der Waals surface area contributed by atoms with E-state index in [1.807, 2.05) is 0 Å². The molecule has 13 nitrogen and oxygen atoms in total. The third kappa shape index (κ3) is 5.53. The summed E-state index contributed by atoms with van der Waals surface area (Å²) in [5, 5.41) is 14.9. The van der Waals surface area contributed by atoms with Crippen LogP contribution in [0.4, 0.5) is 0 Å². The minimum atomic E-state index is -4.76. The summed E-state index contributed by atoms with van der Waals surface area (Å²) in [6.07, 6.45) is -0.570. The highest BCUT2D eigenvalue weighted by atomic mass is 32.2. The Labute approximate surface area is 192 Å². The van der Waals surface area contributed by atoms with Crippen LogP contribution in [0.5, 0.6) is 0 Å². The van der Waals surface area contributed by atoms with E-state index in [0.29, 0.717) is 5.70 Å². The maximum atomic E-state index is 12.1. The Bertz CT molecular complexity index is 1210. The molecule has 0 radical (unpaired) electrons. The minimum Gasteiger partial charge on any atom is -0.386 e. The molecular weight excluding hydrogens is 502 g/mol. The predicted octanol–water partition coefficient (Wildman–Crippen LogP) is 0.0725. The van der Waals surface area contributed by atoms with E-state index in [9.17, 15) is 39.5 Å². The lowest BCUT2D eigenvalue weighted by molar-refractivity contribution is 0.144. The maximum absolute atomic E-state index is 12.1. The summed E-state index contributed by atoms with van der Waals surface area (Å²) in [6.45, 7) is 1.49. The van der Waals surface area contributed by atoms with Crippen molar-refractivity contribution in [3.05, 3.63) is 22.9 Å². The van der Waals surface area contributed by atoms with Gasteiger partial charge < -0.3 is 10.8 Å². The summed E-state index contributed by atoms with van der Waals surface area (Å²) in [5.41, 5.74) is 6.90. The second-order valence-corrected chi connectivity index (χ2v) is 13.7. The van der Waals surface area contributed by atoms with Crippen LogP contribution < -0.4 is 5.73 Å². The van der Waals surface area contributed by atoms with E-state index < -0.39 is 70.2 Å². The first-order valence-electron chi connectivity index (χ1n) is 10.2. The van der Waals surface area contributed by atoms with Crippen LogP contribution >= 0.6 is 0 Å². The topological polar surface area (TPSA) is 234 Å². The number of allylic oxidation sites excluding steroid dienone is 3. The highest BCUT2D eigenvalue weighted by molar-refractivity contribution is 7.87. The molecule has 6 N–H and O–H groups in total. The molecule has 0 fully saturated rings. The fourth-order valence-electron chi connectivity index (χ4n) is 4.75. The highest BCUT2D eigenvalue weighted by Crippen LogP contribution is 2.42. The molecule has 0 saturated carbocycles. The van der Waals surface area contributed by atoms with Crippen molar-refractivity contribution in [3.63, 3.8) is 0 Å². The summed E-state index contributed by atoms with van der Waals surface area (Å²) in [4.78, 5) is 0. The van der Waals surface area contributed by atoms with Crippen molar-refractivity contribution >= 4 is 30.4 Å². The number of hydrogen-bond donors (Lipinski definition) is 5. The van der Waals surface area contributed by atoms with E-state index in [1.165, 1.54) is 13.0 Å². The van der Waals surface area contributed by atoms with Gasteiger partial charge >= 0.3 is 0 Å². The summed E-state index contributed by atoms with van der Waals surface area (Å²) < 4.78 is 98.5. The molecule has 0 aromatic heterocycles. The third-order valence-electron chi connectivity index (χ3n) is 6.68. The van der Waals surface area contributed by atoms with Gasteiger partial charge in [-0.2, -0.15) is 35.5 Å². The lowest BCUT2D eigenvalue weighted by Crippen LogP contribution is -2.55. The van der Waals surface area contributed by atoms with E-state index in [1.54, 1.807) is 0 Å². The van der Waals surface area contributed by atoms with Gasteiger partial charge in [-0.25, -0.2) is 0 Å². The fraction of sp³-hybridized carbons (Fsp3) is 0.765. The summed E-state index contributed by atoms with van der Waals surface area (Å²) in [5.74, 6) is -0.785. The standard InChI is InChI=1S/C17H27N3O10S3/c1-8-12(32(25,26)27)6-9-7-13(33(28,29)30)16(17(21)14(9)15(8)18)20-19-10-2-4-11(5-3-10)31(22,23)24/h2,8,11-13,15-17,21H,3-7,18H2,1H3,(H,22,23,24)(H,25,26,27)(H,28,29,30). The molecule has 0 aromatic carbocycles. The Morgan fingerprint density at radius 2 is 1.55 bits per heavy atom. The van der Waals surface area contributed by atoms with Gasteiger partial charge in [-0.1, -0.05) is 18.6 Å². The molecule has 0 heterocycles. The number of aliphatic hydroxyl groups is 1. The number of azo groups is 1. The Balaban J connectivity index is 1.94. The molecule has 7 unspecified atom stereocenters. The van der Waals surface area contributed by atoms with Crippen molar-refractivity contribution in [2.75, 3.05) is 0 Å². The third-order valence-corrected chi connectivity index (χ3v) is 10.5. The predicted molar refractivity (Wildman–Crippen MR) is 116 cm³/mol. The van der Waals surface area contributed by atoms with E-state index >= 15 is 0 Å². The molecule has 16 heteroatoms. The van der Waals surface area contributed by atoms with Crippen molar-refractivity contribution in [2.24, 2.45) is 21.9 Å². The van der Waals surface area contributed by atoms with Crippen LogP contribution in [0.25, 0.3) is 0 Å². The van der Waals surface area contributed by atoms with Crippen LogP contribution in [0, 0.1) is 5.92 Å². The zero-order chi connectivity index (χ0) is 24.9. The number of nitrogens with two attached hydrogens (primary N) is 1. The van der Waals surface area contributed by atoms with Crippen LogP contribution in [0.15, 0.2) is 33.1 Å². The zero-order valence-corrected chi connectivity index (χ0v) is 20.0. The van der Waals surface area contributed by atoms with E-state index in [-0.39, 0.29) is 43.3 Å². The van der Waals surface area contributed by atoms with Crippen LogP contribution in [-0.2, 0) is 30.4 Å². The van der Waals surface area contributed by atoms with Crippen molar-refractivity contribution in [2.45, 2.75) is 73.0 Å². The summed E-state index contributed by atoms with van der Waals surface area (Å²) >= 11 is 0. The van der Waals surface area contributed by atoms with Gasteiger partial charge in [-0.05, 0) is 43.6 Å². The first-order valence-corrected chi connectivity index (χ1v) is 14.7. The molecule has 0 spiro atoms. The van der Waals surface area contributed by atoms with Gasteiger partial charge in [0.25, 0.3) is 30.4 Å². The normalized spacial score (nSPS) is 36.5. The van der Waals surface area contributed by atoms with Gasteiger partial charge in [0.1, 0.15) is 17.4 Å². The first kappa shape index (κ1) is 26.3. The van der Waals surface area contributed by atoms with Gasteiger partial charge in [0, 0.05) is 6.04 Å². The van der Waals surface area contributed by atoms with E-state index in [2.05, 4.69) is 10.2 Å². The molecule has 0 aliphatic heterocycles. The van der Waals surface area contributed by atoms with E-state index in [4.69, 9.17) is 10.3 Å². The van der Waals surface area contributed by atoms with Crippen LogP contribution in [0.3, 0.4) is 0 Å². The van der Waals surface area contributed by atoms with Gasteiger partial charge in [0.15, 0.2) is 0 Å². The molecule has 0 saturated heterocycles. The zero-order valence-electron chi connectivity index (χ0n) is 17.6. The lowest BCUT2D eigenvalue weighted by Gasteiger charge is -2.43. The van der Waals surface area contributed by atoms with Gasteiger partial charge in [0.2, 0.25) is 0 Å². The Kier molecular flexibility index (Phi) is 7.24. The number of aliphatic hydroxyl groups excluding tert-OH is 1. The number of nitrogens with zero attached hydrogens (tertiary/aromatic N) is 2. The van der Waals surface area contributed by atoms with Crippen molar-refractivity contribution in [3.8, 4) is 0 Å². The smallest absolute Gasteiger partial charge is 0.270 e. The summed E-state index contributed by atoms with van der Waals surface area (Å²) in [6, 6.07) is -2.46. The number of rotatable bonds is 5. The van der Waals surface area contributed by atoms with Crippen molar-refractivity contribution in [1.82, 2.24) is 0 Å². The number of hydrogen-bond acceptors (Lipinski definition) is 10. The van der Waals surface area contributed by atoms with Gasteiger partial charge in [0.05, 0.1) is 16.2 Å². The molecule has 3 aliphatic carbocycles. The maximum Gasteiger partial charge on any atom is 0.270 e. The monoisotopic (exact) mass is 529 g/mol. The molecule has 0 bridgehead atoms. The average Bonchev–Trinajstić information content (AvgIpc) is 2.67. The first-order chi connectivity index (χ1) is 15.0. The second-order valence-electron chi connectivity index (χ2n) is 8.72. The molecule has 0 aromatic rings. The SMILES string of the molecule is CC1C(N)C2=C(CC1S(=O)(=O)O)CC(S(=O)(=O)O)C(N=NC1=CCC(S(=O)(=O)O)CC1)C2O. The highest BCUT2D eigenvalue weighted by Gasteiger charge is 2.50. The Hall–Kier alpha value is -1.27. The Morgan fingerprint density at radius 1 is 0.970 bits per heavy atom. The largest absolute Gasteiger partial charge is 0.386 e. The molecular formula is C17H27N3O10S3. The Morgan fingerprint density at radius 3 is 2.03 bits per heavy atom. The minimum absolute atomic E-state index is 0.0170. The van der Waals surface area contributed by atoms with E-state index in [0.717, 1.165) is 0 Å². The van der Waals surface area contributed by atoms with Crippen LogP contribution in [0.1, 0.15) is 39.0 Å². The molecule has 3 aliphatic rings. The van der Waals surface area contributed by atoms with Crippen molar-refractivity contribution in [1.29, 1.82) is 0 Å². The van der Waals surface area contributed by atoms with Gasteiger partial charge in [-0.3, -0.25) is 13.7 Å². The average molecular weight is 530 g/mol. The summed E-state index contributed by atoms with van der Waals surface area (Å²) in [7, 11) is -13.5. The second kappa shape index (κ2) is 9.07. The molecule has 3 rings (SSSR count). The van der Waals surface area contributed by atoms with Crippen LogP contribution in [-0.4, -0.2) is 78.0 Å². The molecule has 33 heavy (non-hydrogen) atoms. The lowest BCUT2D eigenvalue weighted by atomic mass is 9.72. The van der Waals surface area contributed by atoms with Crippen molar-refractivity contribution < 1.29 is 44.0 Å².